The summed E-state index contributed by atoms with van der Waals surface area (Å²) in [5.74, 6) is -1.74. The van der Waals surface area contributed by atoms with Crippen molar-refractivity contribution < 1.29 is 33.8 Å². The molecule has 12 heteroatoms. The number of amides is 3. The number of carbonyl (C=O) groups excluding carboxylic acids is 4. The van der Waals surface area contributed by atoms with Gasteiger partial charge in [0, 0.05) is 12.2 Å². The van der Waals surface area contributed by atoms with E-state index in [0.29, 0.717) is 25.9 Å². The van der Waals surface area contributed by atoms with E-state index in [0.717, 1.165) is 0 Å². The smallest absolute Gasteiger partial charge is 0.317 e. The molecule has 4 heterocycles. The summed E-state index contributed by atoms with van der Waals surface area (Å²) in [7, 11) is 0. The lowest BCUT2D eigenvalue weighted by Crippen LogP contribution is -2.57. The molecule has 1 aromatic rings. The van der Waals surface area contributed by atoms with Crippen LogP contribution in [0.4, 0.5) is 0 Å². The van der Waals surface area contributed by atoms with Gasteiger partial charge >= 0.3 is 12.0 Å². The number of aromatic nitrogens is 2. The van der Waals surface area contributed by atoms with E-state index in [1.165, 1.54) is 17.2 Å². The molecule has 0 radical (unpaired) electrons. The van der Waals surface area contributed by atoms with Crippen LogP contribution >= 0.6 is 0 Å². The maximum Gasteiger partial charge on any atom is 0.317 e. The van der Waals surface area contributed by atoms with Crippen molar-refractivity contribution in [3.8, 4) is 6.01 Å². The summed E-state index contributed by atoms with van der Waals surface area (Å²) in [6.45, 7) is 4.36. The number of fused-ring (bicyclic) bond motifs is 1. The average molecular weight is 502 g/mol. The van der Waals surface area contributed by atoms with Crippen molar-refractivity contribution in [1.29, 1.82) is 0 Å². The van der Waals surface area contributed by atoms with Crippen LogP contribution in [0.5, 0.6) is 6.01 Å². The van der Waals surface area contributed by atoms with E-state index in [-0.39, 0.29) is 42.4 Å². The Hall–Kier alpha value is -3.54. The minimum Gasteiger partial charge on any atom is -0.463 e. The predicted octanol–water partition coefficient (Wildman–Crippen LogP) is 0.0695. The van der Waals surface area contributed by atoms with Crippen LogP contribution in [0.25, 0.3) is 0 Å². The monoisotopic (exact) mass is 501 g/mol. The van der Waals surface area contributed by atoms with Gasteiger partial charge in [0.05, 0.1) is 13.0 Å². The van der Waals surface area contributed by atoms with Crippen molar-refractivity contribution in [3.63, 3.8) is 0 Å². The Kier molecular flexibility index (Phi) is 7.82. The molecule has 3 amide bonds. The summed E-state index contributed by atoms with van der Waals surface area (Å²) < 4.78 is 10.2. The first-order chi connectivity index (χ1) is 17.2. The van der Waals surface area contributed by atoms with Crippen LogP contribution in [0.2, 0.25) is 0 Å². The molecule has 4 rings (SSSR count). The molecule has 5 atom stereocenters. The van der Waals surface area contributed by atoms with Crippen molar-refractivity contribution in [3.05, 3.63) is 30.1 Å². The fraction of sp³-hybridized carbons (Fsp3) is 0.583. The molecule has 3 aliphatic rings. The fourth-order valence-corrected chi connectivity index (χ4v) is 4.55. The number of aliphatic hydroxyl groups is 1. The maximum absolute atomic E-state index is 13.6. The summed E-state index contributed by atoms with van der Waals surface area (Å²) in [5.41, 5.74) is 0.0646. The lowest BCUT2D eigenvalue weighted by Gasteiger charge is -2.34. The van der Waals surface area contributed by atoms with E-state index in [1.807, 2.05) is 26.0 Å². The molecule has 3 N–H and O–H groups in total. The highest BCUT2D eigenvalue weighted by Gasteiger charge is 2.45. The molecular weight excluding hydrogens is 470 g/mol. The second-order valence-electron chi connectivity index (χ2n) is 9.59. The Bertz CT molecular complexity index is 1050. The van der Waals surface area contributed by atoms with Crippen LogP contribution < -0.4 is 15.4 Å². The SMILES string of the molecule is CC(C)COc1nccc(C(=O)NC2C/C=C\CC3CCC(C(=O)NC4CC(=O)OC4O)N3C2=O)n1. The minimum atomic E-state index is -1.42. The van der Waals surface area contributed by atoms with Crippen LogP contribution in [0.1, 0.15) is 56.4 Å². The predicted molar refractivity (Wildman–Crippen MR) is 124 cm³/mol. The van der Waals surface area contributed by atoms with E-state index in [2.05, 4.69) is 25.3 Å². The number of rotatable bonds is 7. The molecule has 36 heavy (non-hydrogen) atoms. The summed E-state index contributed by atoms with van der Waals surface area (Å²) in [6.07, 6.45) is 5.54. The number of carbonyl (C=O) groups is 4. The van der Waals surface area contributed by atoms with E-state index in [9.17, 15) is 24.3 Å². The van der Waals surface area contributed by atoms with Gasteiger partial charge in [0.1, 0.15) is 23.8 Å². The lowest BCUT2D eigenvalue weighted by molar-refractivity contribution is -0.155. The molecule has 0 aliphatic carbocycles. The average Bonchev–Trinajstić information content (AvgIpc) is 3.40. The van der Waals surface area contributed by atoms with Gasteiger partial charge in [-0.15, -0.1) is 0 Å². The third kappa shape index (κ3) is 5.81. The Morgan fingerprint density at radius 1 is 1.22 bits per heavy atom. The molecule has 0 aromatic carbocycles. The molecule has 1 aromatic heterocycles. The Balaban J connectivity index is 1.46. The third-order valence-electron chi connectivity index (χ3n) is 6.33. The zero-order chi connectivity index (χ0) is 25.8. The highest BCUT2D eigenvalue weighted by molar-refractivity contribution is 5.97. The van der Waals surface area contributed by atoms with Gasteiger partial charge in [0.15, 0.2) is 0 Å². The number of hydrogen-bond acceptors (Lipinski definition) is 9. The fourth-order valence-electron chi connectivity index (χ4n) is 4.55. The molecule has 194 valence electrons. The topological polar surface area (TPSA) is 160 Å². The van der Waals surface area contributed by atoms with Crippen LogP contribution in [0, 0.1) is 5.92 Å². The zero-order valence-electron chi connectivity index (χ0n) is 20.3. The van der Waals surface area contributed by atoms with E-state index >= 15 is 0 Å². The molecule has 0 spiro atoms. The summed E-state index contributed by atoms with van der Waals surface area (Å²) >= 11 is 0. The number of hydrogen-bond donors (Lipinski definition) is 3. The van der Waals surface area contributed by atoms with Crippen molar-refractivity contribution in [2.75, 3.05) is 6.61 Å². The number of nitrogens with one attached hydrogen (secondary N) is 2. The number of cyclic esters (lactones) is 1. The van der Waals surface area contributed by atoms with Crippen molar-refractivity contribution in [2.45, 2.75) is 76.4 Å². The molecular formula is C24H31N5O7. The molecule has 2 saturated heterocycles. The number of nitrogens with zero attached hydrogens (tertiary/aromatic N) is 3. The van der Waals surface area contributed by atoms with Crippen molar-refractivity contribution in [2.24, 2.45) is 5.92 Å². The highest BCUT2D eigenvalue weighted by Crippen LogP contribution is 2.30. The Morgan fingerprint density at radius 2 is 2.00 bits per heavy atom. The van der Waals surface area contributed by atoms with Gasteiger partial charge in [-0.1, -0.05) is 26.0 Å². The van der Waals surface area contributed by atoms with Crippen molar-refractivity contribution in [1.82, 2.24) is 25.5 Å². The number of aliphatic hydroxyl groups excluding tert-OH is 1. The summed E-state index contributed by atoms with van der Waals surface area (Å²) in [6, 6.07) is -1.24. The quantitative estimate of drug-likeness (QED) is 0.347. The Morgan fingerprint density at radius 3 is 2.72 bits per heavy atom. The summed E-state index contributed by atoms with van der Waals surface area (Å²) in [4.78, 5) is 60.6. The lowest BCUT2D eigenvalue weighted by atomic mass is 10.0. The van der Waals surface area contributed by atoms with Crippen LogP contribution in [0.3, 0.4) is 0 Å². The van der Waals surface area contributed by atoms with Gasteiger partial charge in [-0.2, -0.15) is 4.98 Å². The summed E-state index contributed by atoms with van der Waals surface area (Å²) in [5, 5.41) is 15.2. The first-order valence-electron chi connectivity index (χ1n) is 12.1. The second-order valence-corrected chi connectivity index (χ2v) is 9.59. The van der Waals surface area contributed by atoms with Crippen molar-refractivity contribution >= 4 is 23.7 Å². The van der Waals surface area contributed by atoms with E-state index in [1.54, 1.807) is 0 Å². The van der Waals surface area contributed by atoms with E-state index < -0.39 is 42.2 Å². The second kappa shape index (κ2) is 11.0. The maximum atomic E-state index is 13.6. The van der Waals surface area contributed by atoms with Crippen LogP contribution in [0.15, 0.2) is 24.4 Å². The number of esters is 1. The first kappa shape index (κ1) is 25.5. The van der Waals surface area contributed by atoms with Crippen LogP contribution in [-0.2, 0) is 19.1 Å². The molecule has 12 nitrogen and oxygen atoms in total. The minimum absolute atomic E-state index is 0.0646. The van der Waals surface area contributed by atoms with Crippen LogP contribution in [-0.4, -0.2) is 80.7 Å². The normalized spacial score (nSPS) is 28.7. The van der Waals surface area contributed by atoms with Gasteiger partial charge in [-0.05, 0) is 37.7 Å². The molecule has 0 saturated carbocycles. The molecule has 0 bridgehead atoms. The van der Waals surface area contributed by atoms with Gasteiger partial charge < -0.3 is 30.1 Å². The zero-order valence-corrected chi connectivity index (χ0v) is 20.3. The van der Waals surface area contributed by atoms with E-state index in [4.69, 9.17) is 4.74 Å². The third-order valence-corrected chi connectivity index (χ3v) is 6.33. The highest BCUT2D eigenvalue weighted by atomic mass is 16.6. The molecule has 3 aliphatic heterocycles. The molecule has 5 unspecified atom stereocenters. The standard InChI is InChI=1S/C24H31N5O7/c1-13(2)12-35-24-25-10-9-15(28-24)20(31)26-16-6-4-3-5-14-7-8-18(29(14)22(16)33)21(32)27-17-11-19(30)36-23(17)34/h3-4,9-10,13-14,16-18,23,34H,5-8,11-12H2,1-2H3,(H,26,31)(H,27,32)/b4-3-. The largest absolute Gasteiger partial charge is 0.463 e. The van der Waals surface area contributed by atoms with Gasteiger partial charge in [0.25, 0.3) is 5.91 Å². The van der Waals surface area contributed by atoms with Gasteiger partial charge in [-0.3, -0.25) is 19.2 Å². The number of ether oxygens (including phenoxy) is 2. The van der Waals surface area contributed by atoms with Gasteiger partial charge in [-0.25, -0.2) is 4.98 Å². The Labute approximate surface area is 208 Å². The first-order valence-corrected chi connectivity index (χ1v) is 12.1. The van der Waals surface area contributed by atoms with Gasteiger partial charge in [0.2, 0.25) is 18.1 Å². The molecule has 2 fully saturated rings.